The lowest BCUT2D eigenvalue weighted by Gasteiger charge is -2.26. The summed E-state index contributed by atoms with van der Waals surface area (Å²) in [7, 11) is 1.27. The van der Waals surface area contributed by atoms with Crippen molar-refractivity contribution in [3.63, 3.8) is 0 Å². The predicted octanol–water partition coefficient (Wildman–Crippen LogP) is 2.95. The SMILES string of the molecule is CCC(=O)N[C@@H](CCc1ccccc1)C(=O)NC(CC(C)C)C(=O)N[C@@H](Cc1ccccc1)C(=O)OC. The van der Waals surface area contributed by atoms with Gasteiger partial charge in [0.25, 0.3) is 0 Å². The summed E-state index contributed by atoms with van der Waals surface area (Å²) in [6, 6.07) is 16.4. The smallest absolute Gasteiger partial charge is 0.328 e. The van der Waals surface area contributed by atoms with Gasteiger partial charge in [0, 0.05) is 12.8 Å². The van der Waals surface area contributed by atoms with Crippen molar-refractivity contribution in [2.24, 2.45) is 5.92 Å². The van der Waals surface area contributed by atoms with Gasteiger partial charge >= 0.3 is 5.97 Å². The van der Waals surface area contributed by atoms with Crippen LogP contribution in [0.2, 0.25) is 0 Å². The number of nitrogens with one attached hydrogen (secondary N) is 3. The standard InChI is InChI=1S/C29H39N3O5/c1-5-26(33)30-23(17-16-21-12-8-6-9-13-21)27(34)31-24(18-20(2)3)28(35)32-25(29(36)37-4)19-22-14-10-7-11-15-22/h6-15,20,23-25H,5,16-19H2,1-4H3,(H,30,33)(H,31,34)(H,32,35)/t23-,24?,25-/m0/s1. The fourth-order valence-corrected chi connectivity index (χ4v) is 3.95. The lowest BCUT2D eigenvalue weighted by atomic mass is 10.00. The predicted molar refractivity (Wildman–Crippen MR) is 142 cm³/mol. The molecule has 0 aliphatic carbocycles. The molecule has 2 rings (SSSR count). The highest BCUT2D eigenvalue weighted by Crippen LogP contribution is 2.11. The average molecular weight is 510 g/mol. The van der Waals surface area contributed by atoms with E-state index >= 15 is 0 Å². The summed E-state index contributed by atoms with van der Waals surface area (Å²) >= 11 is 0. The first-order chi connectivity index (χ1) is 17.7. The summed E-state index contributed by atoms with van der Waals surface area (Å²) in [5.41, 5.74) is 1.91. The van der Waals surface area contributed by atoms with Crippen molar-refractivity contribution < 1.29 is 23.9 Å². The van der Waals surface area contributed by atoms with E-state index in [1.807, 2.05) is 74.5 Å². The van der Waals surface area contributed by atoms with Crippen LogP contribution in [0.1, 0.15) is 51.2 Å². The third-order valence-electron chi connectivity index (χ3n) is 5.96. The maximum absolute atomic E-state index is 13.3. The number of benzene rings is 2. The van der Waals surface area contributed by atoms with Crippen molar-refractivity contribution in [2.75, 3.05) is 7.11 Å². The Labute approximate surface area is 219 Å². The van der Waals surface area contributed by atoms with E-state index in [-0.39, 0.29) is 24.7 Å². The number of aryl methyl sites for hydroxylation is 1. The topological polar surface area (TPSA) is 114 Å². The number of carbonyl (C=O) groups excluding carboxylic acids is 4. The zero-order valence-corrected chi connectivity index (χ0v) is 22.2. The van der Waals surface area contributed by atoms with Gasteiger partial charge in [-0.05, 0) is 36.3 Å². The van der Waals surface area contributed by atoms with Gasteiger partial charge in [-0.3, -0.25) is 14.4 Å². The zero-order chi connectivity index (χ0) is 27.2. The monoisotopic (exact) mass is 509 g/mol. The van der Waals surface area contributed by atoms with E-state index < -0.39 is 35.9 Å². The molecule has 200 valence electrons. The Morgan fingerprint density at radius 1 is 0.757 bits per heavy atom. The first kappa shape index (κ1) is 29.5. The van der Waals surface area contributed by atoms with Crippen molar-refractivity contribution >= 4 is 23.7 Å². The number of hydrogen-bond donors (Lipinski definition) is 3. The molecule has 0 aliphatic rings. The maximum atomic E-state index is 13.3. The number of amides is 3. The highest BCUT2D eigenvalue weighted by Gasteiger charge is 2.30. The molecule has 3 amide bonds. The van der Waals surface area contributed by atoms with E-state index in [1.165, 1.54) is 7.11 Å². The minimum Gasteiger partial charge on any atom is -0.467 e. The molecule has 1 unspecified atom stereocenters. The molecule has 37 heavy (non-hydrogen) atoms. The number of ether oxygens (including phenoxy) is 1. The third-order valence-corrected chi connectivity index (χ3v) is 5.96. The van der Waals surface area contributed by atoms with Gasteiger partial charge in [0.2, 0.25) is 17.7 Å². The van der Waals surface area contributed by atoms with Gasteiger partial charge in [-0.2, -0.15) is 0 Å². The number of carbonyl (C=O) groups is 4. The van der Waals surface area contributed by atoms with Crippen LogP contribution >= 0.6 is 0 Å². The molecule has 0 saturated carbocycles. The van der Waals surface area contributed by atoms with E-state index in [0.29, 0.717) is 19.3 Å². The lowest BCUT2D eigenvalue weighted by molar-refractivity contribution is -0.145. The summed E-state index contributed by atoms with van der Waals surface area (Å²) in [5.74, 6) is -1.63. The Morgan fingerprint density at radius 2 is 1.30 bits per heavy atom. The van der Waals surface area contributed by atoms with Crippen LogP contribution in [0.15, 0.2) is 60.7 Å². The number of esters is 1. The second-order valence-electron chi connectivity index (χ2n) is 9.46. The second-order valence-corrected chi connectivity index (χ2v) is 9.46. The Morgan fingerprint density at radius 3 is 1.84 bits per heavy atom. The molecule has 2 aromatic carbocycles. The van der Waals surface area contributed by atoms with E-state index in [0.717, 1.165) is 11.1 Å². The van der Waals surface area contributed by atoms with Gasteiger partial charge in [0.15, 0.2) is 0 Å². The fraction of sp³-hybridized carbons (Fsp3) is 0.448. The van der Waals surface area contributed by atoms with Crippen molar-refractivity contribution in [2.45, 2.75) is 71.0 Å². The van der Waals surface area contributed by atoms with Crippen molar-refractivity contribution in [3.05, 3.63) is 71.8 Å². The van der Waals surface area contributed by atoms with Crippen molar-refractivity contribution in [1.82, 2.24) is 16.0 Å². The Kier molecular flexibility index (Phi) is 12.3. The molecular weight excluding hydrogens is 470 g/mol. The van der Waals surface area contributed by atoms with Crippen molar-refractivity contribution in [3.8, 4) is 0 Å². The molecular formula is C29H39N3O5. The molecule has 0 fully saturated rings. The molecule has 3 N–H and O–H groups in total. The highest BCUT2D eigenvalue weighted by molar-refractivity contribution is 5.93. The van der Waals surface area contributed by atoms with Crippen LogP contribution in [0, 0.1) is 5.92 Å². The Balaban J connectivity index is 2.15. The summed E-state index contributed by atoms with van der Waals surface area (Å²) < 4.78 is 4.91. The first-order valence-corrected chi connectivity index (χ1v) is 12.8. The van der Waals surface area contributed by atoms with Crippen LogP contribution in [0.4, 0.5) is 0 Å². The molecule has 0 saturated heterocycles. The molecule has 8 nitrogen and oxygen atoms in total. The summed E-state index contributed by atoms with van der Waals surface area (Å²) in [4.78, 5) is 51.1. The Bertz CT molecular complexity index is 1010. The molecule has 0 spiro atoms. The highest BCUT2D eigenvalue weighted by atomic mass is 16.5. The summed E-state index contributed by atoms with van der Waals surface area (Å²) in [5, 5.41) is 8.36. The summed E-state index contributed by atoms with van der Waals surface area (Å²) in [6.45, 7) is 5.61. The van der Waals surface area contributed by atoms with Crippen LogP contribution in [0.3, 0.4) is 0 Å². The van der Waals surface area contributed by atoms with Gasteiger partial charge in [-0.1, -0.05) is 81.4 Å². The average Bonchev–Trinajstić information content (AvgIpc) is 2.90. The van der Waals surface area contributed by atoms with E-state index in [4.69, 9.17) is 4.74 Å². The molecule has 2 aromatic rings. The van der Waals surface area contributed by atoms with Gasteiger partial charge in [0.1, 0.15) is 18.1 Å². The van der Waals surface area contributed by atoms with Gasteiger partial charge in [-0.15, -0.1) is 0 Å². The van der Waals surface area contributed by atoms with Crippen LogP contribution in [0.5, 0.6) is 0 Å². The van der Waals surface area contributed by atoms with Crippen LogP contribution in [-0.2, 0) is 36.8 Å². The largest absolute Gasteiger partial charge is 0.467 e. The first-order valence-electron chi connectivity index (χ1n) is 12.8. The minimum absolute atomic E-state index is 0.0924. The molecule has 0 heterocycles. The zero-order valence-electron chi connectivity index (χ0n) is 22.2. The van der Waals surface area contributed by atoms with Gasteiger partial charge in [0.05, 0.1) is 7.11 Å². The van der Waals surface area contributed by atoms with E-state index in [1.54, 1.807) is 6.92 Å². The van der Waals surface area contributed by atoms with Gasteiger partial charge < -0.3 is 20.7 Å². The molecule has 3 atom stereocenters. The number of hydrogen-bond acceptors (Lipinski definition) is 5. The number of rotatable bonds is 14. The van der Waals surface area contributed by atoms with E-state index in [9.17, 15) is 19.2 Å². The van der Waals surface area contributed by atoms with Crippen LogP contribution in [0.25, 0.3) is 0 Å². The lowest BCUT2D eigenvalue weighted by Crippen LogP contribution is -2.56. The van der Waals surface area contributed by atoms with Crippen LogP contribution < -0.4 is 16.0 Å². The normalized spacial score (nSPS) is 13.2. The van der Waals surface area contributed by atoms with Crippen molar-refractivity contribution in [1.29, 1.82) is 0 Å². The van der Waals surface area contributed by atoms with Crippen LogP contribution in [-0.4, -0.2) is 48.9 Å². The quantitative estimate of drug-likeness (QED) is 0.339. The van der Waals surface area contributed by atoms with Gasteiger partial charge in [-0.25, -0.2) is 4.79 Å². The third kappa shape index (κ3) is 10.5. The maximum Gasteiger partial charge on any atom is 0.328 e. The fourth-order valence-electron chi connectivity index (χ4n) is 3.95. The second kappa shape index (κ2) is 15.4. The molecule has 8 heteroatoms. The number of methoxy groups -OCH3 is 1. The molecule has 0 aromatic heterocycles. The Hall–Kier alpha value is -3.68. The minimum atomic E-state index is -0.903. The summed E-state index contributed by atoms with van der Waals surface area (Å²) in [6.07, 6.45) is 1.84. The van der Waals surface area contributed by atoms with E-state index in [2.05, 4.69) is 16.0 Å². The molecule has 0 bridgehead atoms. The molecule has 0 radical (unpaired) electrons. The molecule has 0 aliphatic heterocycles.